The minimum atomic E-state index is 0.212. The number of fused-ring (bicyclic) bond motifs is 3. The van der Waals surface area contributed by atoms with E-state index in [0.717, 1.165) is 17.1 Å². The zero-order valence-corrected chi connectivity index (χ0v) is 34.3. The highest BCUT2D eigenvalue weighted by molar-refractivity contribution is 5.85. The highest BCUT2D eigenvalue weighted by atomic mass is 15.1. The summed E-state index contributed by atoms with van der Waals surface area (Å²) in [4.78, 5) is 2.34. The molecule has 0 aromatic heterocycles. The van der Waals surface area contributed by atoms with Gasteiger partial charge in [-0.3, -0.25) is 0 Å². The van der Waals surface area contributed by atoms with Crippen molar-refractivity contribution in [1.29, 1.82) is 0 Å². The lowest BCUT2D eigenvalue weighted by molar-refractivity contribution is 1.02. The lowest BCUT2D eigenvalue weighted by Crippen LogP contribution is -2.09. The Morgan fingerprint density at radius 1 is 0.226 bits per heavy atom. The van der Waals surface area contributed by atoms with Gasteiger partial charge in [-0.05, 0) is 126 Å². The molecule has 0 heterocycles. The van der Waals surface area contributed by atoms with E-state index in [1.54, 1.807) is 0 Å². The van der Waals surface area contributed by atoms with Gasteiger partial charge in [0, 0.05) is 23.0 Å². The van der Waals surface area contributed by atoms with E-state index in [9.17, 15) is 0 Å². The van der Waals surface area contributed by atoms with E-state index in [4.69, 9.17) is 0 Å². The van der Waals surface area contributed by atoms with Crippen LogP contribution >= 0.6 is 0 Å². The molecule has 1 nitrogen and oxygen atoms in total. The van der Waals surface area contributed by atoms with Crippen molar-refractivity contribution in [3.05, 3.63) is 271 Å². The Balaban J connectivity index is 0.849. The molecule has 292 valence electrons. The average molecular weight is 790 g/mol. The van der Waals surface area contributed by atoms with Crippen molar-refractivity contribution in [2.75, 3.05) is 4.90 Å². The molecule has 0 spiro atoms. The van der Waals surface area contributed by atoms with E-state index >= 15 is 0 Å². The highest BCUT2D eigenvalue weighted by Gasteiger charge is 2.30. The van der Waals surface area contributed by atoms with Crippen molar-refractivity contribution in [2.45, 2.75) is 5.92 Å². The van der Waals surface area contributed by atoms with E-state index in [0.29, 0.717) is 0 Å². The van der Waals surface area contributed by atoms with Crippen LogP contribution in [0.4, 0.5) is 17.1 Å². The minimum absolute atomic E-state index is 0.212. The molecular formula is C61H43N. The molecule has 0 amide bonds. The molecule has 0 radical (unpaired) electrons. The molecule has 62 heavy (non-hydrogen) atoms. The Morgan fingerprint density at radius 3 is 0.968 bits per heavy atom. The molecule has 1 unspecified atom stereocenters. The maximum atomic E-state index is 2.37. The van der Waals surface area contributed by atoms with Crippen molar-refractivity contribution in [3.63, 3.8) is 0 Å². The number of nitrogens with zero attached hydrogens (tertiary/aromatic N) is 1. The van der Waals surface area contributed by atoms with Gasteiger partial charge in [0.05, 0.1) is 0 Å². The molecule has 1 atom stereocenters. The third-order valence-electron chi connectivity index (χ3n) is 12.4. The van der Waals surface area contributed by atoms with Gasteiger partial charge in [0.15, 0.2) is 0 Å². The van der Waals surface area contributed by atoms with E-state index < -0.39 is 0 Å². The summed E-state index contributed by atoms with van der Waals surface area (Å²) >= 11 is 0. The summed E-state index contributed by atoms with van der Waals surface area (Å²) < 4.78 is 0. The summed E-state index contributed by atoms with van der Waals surface area (Å²) in [7, 11) is 0. The molecule has 0 saturated heterocycles. The van der Waals surface area contributed by atoms with Gasteiger partial charge in [-0.15, -0.1) is 0 Å². The molecule has 11 rings (SSSR count). The molecule has 1 heteroatoms. The SMILES string of the molecule is c1ccc(-c2ccc(N(c3ccc(-c4ccccc4)cc3)c3ccc(-c4ccc(-c5ccc(C6c7ccccc7-c7cc(-c8ccccc8)ccc76)cc5)cc4)cc3)cc2)cc1. The fraction of sp³-hybridized carbons (Fsp3) is 0.0164. The Bertz CT molecular complexity index is 3020. The summed E-state index contributed by atoms with van der Waals surface area (Å²) in [5.74, 6) is 0.212. The highest BCUT2D eigenvalue weighted by Crippen LogP contribution is 2.49. The summed E-state index contributed by atoms with van der Waals surface area (Å²) in [6.07, 6.45) is 0. The number of hydrogen-bond acceptors (Lipinski definition) is 1. The van der Waals surface area contributed by atoms with Gasteiger partial charge in [0.1, 0.15) is 0 Å². The predicted octanol–water partition coefficient (Wildman–Crippen LogP) is 16.7. The molecule has 0 bridgehead atoms. The van der Waals surface area contributed by atoms with Crippen molar-refractivity contribution in [2.24, 2.45) is 0 Å². The van der Waals surface area contributed by atoms with Crippen LogP contribution in [0.1, 0.15) is 22.6 Å². The first kappa shape index (κ1) is 37.0. The van der Waals surface area contributed by atoms with Gasteiger partial charge in [-0.25, -0.2) is 0 Å². The number of anilines is 3. The van der Waals surface area contributed by atoms with Crippen LogP contribution in [0.2, 0.25) is 0 Å². The van der Waals surface area contributed by atoms with Crippen LogP contribution < -0.4 is 4.90 Å². The first-order chi connectivity index (χ1) is 30.7. The third kappa shape index (κ3) is 7.10. The zero-order chi connectivity index (χ0) is 41.2. The fourth-order valence-electron chi connectivity index (χ4n) is 9.21. The van der Waals surface area contributed by atoms with E-state index in [1.807, 2.05) is 0 Å². The van der Waals surface area contributed by atoms with Crippen LogP contribution in [-0.4, -0.2) is 0 Å². The molecular weight excluding hydrogens is 747 g/mol. The lowest BCUT2D eigenvalue weighted by atomic mass is 9.88. The lowest BCUT2D eigenvalue weighted by Gasteiger charge is -2.26. The first-order valence-corrected chi connectivity index (χ1v) is 21.4. The van der Waals surface area contributed by atoms with Crippen molar-refractivity contribution in [3.8, 4) is 66.8 Å². The Morgan fingerprint density at radius 2 is 0.532 bits per heavy atom. The Hall–Kier alpha value is -8.00. The molecule has 0 saturated carbocycles. The monoisotopic (exact) mass is 789 g/mol. The number of benzene rings is 10. The molecule has 1 aliphatic carbocycles. The first-order valence-electron chi connectivity index (χ1n) is 21.4. The van der Waals surface area contributed by atoms with E-state index in [-0.39, 0.29) is 5.92 Å². The van der Waals surface area contributed by atoms with Gasteiger partial charge < -0.3 is 4.90 Å². The van der Waals surface area contributed by atoms with Crippen molar-refractivity contribution >= 4 is 17.1 Å². The smallest absolute Gasteiger partial charge is 0.0462 e. The zero-order valence-electron chi connectivity index (χ0n) is 34.3. The van der Waals surface area contributed by atoms with E-state index in [2.05, 4.69) is 260 Å². The van der Waals surface area contributed by atoms with Gasteiger partial charge >= 0.3 is 0 Å². The summed E-state index contributed by atoms with van der Waals surface area (Å²) in [6.45, 7) is 0. The van der Waals surface area contributed by atoms with Crippen LogP contribution in [0.15, 0.2) is 255 Å². The van der Waals surface area contributed by atoms with Crippen LogP contribution in [0.5, 0.6) is 0 Å². The summed E-state index contributed by atoms with van der Waals surface area (Å²) in [5.41, 5.74) is 22.2. The Kier molecular flexibility index (Phi) is 9.69. The maximum absolute atomic E-state index is 2.37. The predicted molar refractivity (Wildman–Crippen MR) is 261 cm³/mol. The normalized spacial score (nSPS) is 12.7. The Labute approximate surface area is 364 Å². The van der Waals surface area contributed by atoms with Crippen LogP contribution in [0, 0.1) is 0 Å². The molecule has 0 N–H and O–H groups in total. The molecule has 0 aliphatic heterocycles. The van der Waals surface area contributed by atoms with Gasteiger partial charge in [-0.1, -0.05) is 212 Å². The standard InChI is InChI=1S/C61H43N/c1-4-12-43(13-5-1)49-28-35-54(36-29-49)62(55-37-30-50(31-38-55)44-14-6-2-7-15-44)56-39-32-51(33-40-56)47-22-20-46(21-23-47)48-24-26-52(27-25-48)61-58-19-11-10-18-57(58)60-42-53(34-41-59(60)61)45-16-8-3-9-17-45/h1-42,61H. The fourth-order valence-corrected chi connectivity index (χ4v) is 9.21. The summed E-state index contributed by atoms with van der Waals surface area (Å²) in [5, 5.41) is 0. The number of hydrogen-bond donors (Lipinski definition) is 0. The summed E-state index contributed by atoms with van der Waals surface area (Å²) in [6, 6.07) is 92.6. The van der Waals surface area contributed by atoms with Crippen molar-refractivity contribution < 1.29 is 0 Å². The molecule has 0 fully saturated rings. The second-order valence-electron chi connectivity index (χ2n) is 16.1. The second kappa shape index (κ2) is 16.2. The van der Waals surface area contributed by atoms with Crippen LogP contribution in [0.3, 0.4) is 0 Å². The quantitative estimate of drug-likeness (QED) is 0.141. The van der Waals surface area contributed by atoms with Gasteiger partial charge in [0.2, 0.25) is 0 Å². The van der Waals surface area contributed by atoms with Gasteiger partial charge in [-0.2, -0.15) is 0 Å². The molecule has 1 aliphatic rings. The van der Waals surface area contributed by atoms with Crippen molar-refractivity contribution in [1.82, 2.24) is 0 Å². The average Bonchev–Trinajstić information content (AvgIpc) is 3.69. The number of rotatable bonds is 9. The molecule has 10 aromatic rings. The largest absolute Gasteiger partial charge is 0.311 e. The topological polar surface area (TPSA) is 3.24 Å². The molecule has 10 aromatic carbocycles. The van der Waals surface area contributed by atoms with Crippen LogP contribution in [0.25, 0.3) is 66.8 Å². The van der Waals surface area contributed by atoms with Crippen LogP contribution in [-0.2, 0) is 0 Å². The maximum Gasteiger partial charge on any atom is 0.0462 e. The minimum Gasteiger partial charge on any atom is -0.311 e. The third-order valence-corrected chi connectivity index (χ3v) is 12.4. The van der Waals surface area contributed by atoms with Gasteiger partial charge in [0.25, 0.3) is 0 Å². The second-order valence-corrected chi connectivity index (χ2v) is 16.1. The van der Waals surface area contributed by atoms with E-state index in [1.165, 1.54) is 83.5 Å².